The third-order valence-electron chi connectivity index (χ3n) is 3.44. The molecule has 0 aliphatic carbocycles. The second-order valence-corrected chi connectivity index (χ2v) is 5.79. The number of thiazole rings is 1. The summed E-state index contributed by atoms with van der Waals surface area (Å²) >= 11 is 1.65. The number of hydrogen-bond donors (Lipinski definition) is 1. The van der Waals surface area contributed by atoms with Gasteiger partial charge in [0.15, 0.2) is 5.82 Å². The van der Waals surface area contributed by atoms with Crippen molar-refractivity contribution < 1.29 is 0 Å². The summed E-state index contributed by atoms with van der Waals surface area (Å²) in [7, 11) is 0. The smallest absolute Gasteiger partial charge is 0.217 e. The van der Waals surface area contributed by atoms with E-state index in [1.165, 1.54) is 4.70 Å². The van der Waals surface area contributed by atoms with Crippen LogP contribution >= 0.6 is 11.3 Å². The molecule has 0 spiro atoms. The van der Waals surface area contributed by atoms with Crippen molar-refractivity contribution >= 4 is 32.2 Å². The summed E-state index contributed by atoms with van der Waals surface area (Å²) in [6.45, 7) is 2.06. The van der Waals surface area contributed by atoms with Gasteiger partial charge in [0.25, 0.3) is 0 Å². The van der Waals surface area contributed by atoms with Crippen LogP contribution in [0.2, 0.25) is 0 Å². The number of fused-ring (bicyclic) bond motifs is 3. The van der Waals surface area contributed by atoms with Crippen LogP contribution in [-0.4, -0.2) is 14.6 Å². The monoisotopic (exact) mass is 280 g/mol. The molecule has 0 radical (unpaired) electrons. The van der Waals surface area contributed by atoms with E-state index in [1.54, 1.807) is 11.3 Å². The normalized spacial score (nSPS) is 11.4. The standard InChI is InChI=1S/C15H12N4S/c1-9-6-7-10(16)8-11(9)14-17-18-15-19(14)12-4-2-3-5-13(12)20-15/h2-8H,16H2,1H3. The van der Waals surface area contributed by atoms with Crippen molar-refractivity contribution in [3.8, 4) is 11.4 Å². The highest BCUT2D eigenvalue weighted by atomic mass is 32.1. The van der Waals surface area contributed by atoms with Crippen LogP contribution in [0.15, 0.2) is 42.5 Å². The van der Waals surface area contributed by atoms with Crippen LogP contribution in [0.1, 0.15) is 5.56 Å². The van der Waals surface area contributed by atoms with Gasteiger partial charge in [-0.3, -0.25) is 4.40 Å². The van der Waals surface area contributed by atoms with E-state index in [-0.39, 0.29) is 0 Å². The molecule has 0 bridgehead atoms. The summed E-state index contributed by atoms with van der Waals surface area (Å²) in [6.07, 6.45) is 0. The number of anilines is 1. The minimum absolute atomic E-state index is 0.738. The van der Waals surface area contributed by atoms with Gasteiger partial charge < -0.3 is 5.73 Å². The molecular weight excluding hydrogens is 268 g/mol. The lowest BCUT2D eigenvalue weighted by Crippen LogP contribution is -1.93. The van der Waals surface area contributed by atoms with Crippen molar-refractivity contribution in [1.82, 2.24) is 14.6 Å². The number of nitrogens with zero attached hydrogens (tertiary/aromatic N) is 3. The van der Waals surface area contributed by atoms with E-state index >= 15 is 0 Å². The number of hydrogen-bond acceptors (Lipinski definition) is 4. The summed E-state index contributed by atoms with van der Waals surface area (Å²) in [5.74, 6) is 0.849. The average molecular weight is 280 g/mol. The predicted octanol–water partition coefficient (Wildman–Crippen LogP) is 3.50. The fraction of sp³-hybridized carbons (Fsp3) is 0.0667. The molecule has 0 aliphatic rings. The molecule has 4 nitrogen and oxygen atoms in total. The largest absolute Gasteiger partial charge is 0.399 e. The van der Waals surface area contributed by atoms with E-state index < -0.39 is 0 Å². The lowest BCUT2D eigenvalue weighted by atomic mass is 10.1. The van der Waals surface area contributed by atoms with Gasteiger partial charge in [-0.1, -0.05) is 29.5 Å². The zero-order valence-corrected chi connectivity index (χ0v) is 11.7. The van der Waals surface area contributed by atoms with Crippen LogP contribution in [0.3, 0.4) is 0 Å². The zero-order chi connectivity index (χ0) is 13.7. The predicted molar refractivity (Wildman–Crippen MR) is 83.0 cm³/mol. The van der Waals surface area contributed by atoms with E-state index in [0.717, 1.165) is 33.1 Å². The molecule has 2 aromatic carbocycles. The number of benzene rings is 2. The second kappa shape index (κ2) is 4.05. The van der Waals surface area contributed by atoms with Crippen LogP contribution in [0.4, 0.5) is 5.69 Å². The Morgan fingerprint density at radius 2 is 1.95 bits per heavy atom. The van der Waals surface area contributed by atoms with Gasteiger partial charge in [0.05, 0.1) is 10.2 Å². The molecule has 0 saturated carbocycles. The van der Waals surface area contributed by atoms with Crippen molar-refractivity contribution in [1.29, 1.82) is 0 Å². The molecule has 0 amide bonds. The zero-order valence-electron chi connectivity index (χ0n) is 10.9. The molecule has 4 aromatic rings. The highest BCUT2D eigenvalue weighted by Gasteiger charge is 2.15. The van der Waals surface area contributed by atoms with Crippen molar-refractivity contribution in [3.63, 3.8) is 0 Å². The van der Waals surface area contributed by atoms with Crippen LogP contribution in [0, 0.1) is 6.92 Å². The molecule has 0 fully saturated rings. The lowest BCUT2D eigenvalue weighted by molar-refractivity contribution is 1.11. The third-order valence-corrected chi connectivity index (χ3v) is 4.46. The summed E-state index contributed by atoms with van der Waals surface area (Å²) in [5, 5.41) is 8.64. The van der Waals surface area contributed by atoms with Crippen LogP contribution in [-0.2, 0) is 0 Å². The molecule has 20 heavy (non-hydrogen) atoms. The van der Waals surface area contributed by atoms with Gasteiger partial charge in [0.1, 0.15) is 0 Å². The summed E-state index contributed by atoms with van der Waals surface area (Å²) < 4.78 is 3.31. The Morgan fingerprint density at radius 1 is 1.10 bits per heavy atom. The number of para-hydroxylation sites is 1. The average Bonchev–Trinajstić information content (AvgIpc) is 3.00. The summed E-state index contributed by atoms with van der Waals surface area (Å²) in [4.78, 5) is 0.906. The van der Waals surface area contributed by atoms with Crippen LogP contribution < -0.4 is 5.73 Å². The Kier molecular flexibility index (Phi) is 2.31. The number of nitrogen functional groups attached to an aromatic ring is 1. The molecule has 2 heterocycles. The summed E-state index contributed by atoms with van der Waals surface area (Å²) in [5.41, 5.74) is 9.95. The molecule has 0 aliphatic heterocycles. The second-order valence-electron chi connectivity index (χ2n) is 4.79. The first-order chi connectivity index (χ1) is 9.74. The number of aryl methyl sites for hydroxylation is 1. The van der Waals surface area contributed by atoms with Crippen molar-refractivity contribution in [2.24, 2.45) is 0 Å². The fourth-order valence-electron chi connectivity index (χ4n) is 2.43. The Morgan fingerprint density at radius 3 is 2.85 bits per heavy atom. The minimum atomic E-state index is 0.738. The van der Waals surface area contributed by atoms with Crippen LogP contribution in [0.25, 0.3) is 26.6 Å². The maximum Gasteiger partial charge on any atom is 0.217 e. The molecule has 4 rings (SSSR count). The van der Waals surface area contributed by atoms with E-state index in [1.807, 2.05) is 30.3 Å². The maximum absolute atomic E-state index is 5.91. The highest BCUT2D eigenvalue weighted by molar-refractivity contribution is 7.23. The van der Waals surface area contributed by atoms with E-state index in [4.69, 9.17) is 5.73 Å². The Labute approximate surface area is 119 Å². The SMILES string of the molecule is Cc1ccc(N)cc1-c1nnc2sc3ccccc3n12. The van der Waals surface area contributed by atoms with Gasteiger partial charge in [-0.05, 0) is 36.8 Å². The Bertz CT molecular complexity index is 936. The molecule has 2 N–H and O–H groups in total. The minimum Gasteiger partial charge on any atom is -0.399 e. The van der Waals surface area contributed by atoms with Gasteiger partial charge in [0, 0.05) is 11.3 Å². The molecule has 2 aromatic heterocycles. The molecule has 5 heteroatoms. The van der Waals surface area contributed by atoms with E-state index in [0.29, 0.717) is 0 Å². The number of nitrogens with two attached hydrogens (primary N) is 1. The molecule has 0 saturated heterocycles. The molecular formula is C15H12N4S. The van der Waals surface area contributed by atoms with Crippen molar-refractivity contribution in [3.05, 3.63) is 48.0 Å². The molecule has 0 atom stereocenters. The van der Waals surface area contributed by atoms with E-state index in [2.05, 4.69) is 33.7 Å². The van der Waals surface area contributed by atoms with Gasteiger partial charge in [0.2, 0.25) is 4.96 Å². The van der Waals surface area contributed by atoms with Crippen molar-refractivity contribution in [2.45, 2.75) is 6.92 Å². The first-order valence-corrected chi connectivity index (χ1v) is 7.15. The Balaban J connectivity index is 2.11. The summed E-state index contributed by atoms with van der Waals surface area (Å²) in [6, 6.07) is 14.1. The van der Waals surface area contributed by atoms with Crippen molar-refractivity contribution in [2.75, 3.05) is 5.73 Å². The quantitative estimate of drug-likeness (QED) is 0.543. The van der Waals surface area contributed by atoms with Gasteiger partial charge in [-0.25, -0.2) is 0 Å². The van der Waals surface area contributed by atoms with Gasteiger partial charge in [-0.15, -0.1) is 10.2 Å². The maximum atomic E-state index is 5.91. The lowest BCUT2D eigenvalue weighted by Gasteiger charge is -2.05. The number of aromatic nitrogens is 3. The first-order valence-electron chi connectivity index (χ1n) is 6.33. The first kappa shape index (κ1) is 11.4. The fourth-order valence-corrected chi connectivity index (χ4v) is 3.40. The number of rotatable bonds is 1. The van der Waals surface area contributed by atoms with Crippen LogP contribution in [0.5, 0.6) is 0 Å². The highest BCUT2D eigenvalue weighted by Crippen LogP contribution is 2.31. The Hall–Kier alpha value is -2.40. The topological polar surface area (TPSA) is 56.2 Å². The van der Waals surface area contributed by atoms with E-state index in [9.17, 15) is 0 Å². The van der Waals surface area contributed by atoms with Gasteiger partial charge >= 0.3 is 0 Å². The molecule has 98 valence electrons. The van der Waals surface area contributed by atoms with Gasteiger partial charge in [-0.2, -0.15) is 0 Å². The third kappa shape index (κ3) is 1.53. The molecule has 0 unspecified atom stereocenters.